The van der Waals surface area contributed by atoms with Crippen LogP contribution in [0.3, 0.4) is 0 Å². The van der Waals surface area contributed by atoms with Crippen molar-refractivity contribution in [2.24, 2.45) is 23.7 Å². The fourth-order valence-electron chi connectivity index (χ4n) is 5.96. The Labute approximate surface area is 190 Å². The van der Waals surface area contributed by atoms with Crippen molar-refractivity contribution in [3.05, 3.63) is 48.0 Å². The van der Waals surface area contributed by atoms with Gasteiger partial charge in [0.1, 0.15) is 0 Å². The number of aliphatic hydroxyl groups excluding tert-OH is 2. The first-order valence-corrected chi connectivity index (χ1v) is 12.9. The zero-order valence-corrected chi connectivity index (χ0v) is 19.8. The molecule has 31 heavy (non-hydrogen) atoms. The van der Waals surface area contributed by atoms with Crippen LogP contribution in [0.15, 0.2) is 42.5 Å². The third-order valence-corrected chi connectivity index (χ3v) is 7.72. The molecule has 0 amide bonds. The summed E-state index contributed by atoms with van der Waals surface area (Å²) in [5.41, 5.74) is 1.47. The number of likely N-dealkylation sites (tertiary alicyclic amines) is 1. The molecule has 4 rings (SSSR count). The summed E-state index contributed by atoms with van der Waals surface area (Å²) < 4.78 is 0. The number of allylic oxidation sites excluding steroid dienone is 2. The van der Waals surface area contributed by atoms with E-state index in [9.17, 15) is 10.2 Å². The smallest absolute Gasteiger partial charge is 0.0799 e. The van der Waals surface area contributed by atoms with Gasteiger partial charge in [-0.05, 0) is 54.9 Å². The summed E-state index contributed by atoms with van der Waals surface area (Å²) in [6, 6.07) is 10.9. The monoisotopic (exact) mass is 427 g/mol. The van der Waals surface area contributed by atoms with E-state index in [0.717, 1.165) is 43.1 Å². The van der Waals surface area contributed by atoms with Gasteiger partial charge in [-0.1, -0.05) is 88.4 Å². The van der Waals surface area contributed by atoms with Crippen molar-refractivity contribution in [2.45, 2.75) is 90.4 Å². The Hall–Kier alpha value is -1.16. The van der Waals surface area contributed by atoms with Crippen LogP contribution in [0.5, 0.6) is 0 Å². The number of unbranched alkanes of at least 4 members (excludes halogenated alkanes) is 4. The molecule has 1 heterocycles. The average Bonchev–Trinajstić information content (AvgIpc) is 3.37. The van der Waals surface area contributed by atoms with E-state index in [1.165, 1.54) is 57.2 Å². The van der Waals surface area contributed by atoms with Gasteiger partial charge in [0.2, 0.25) is 0 Å². The maximum atomic E-state index is 9.42. The second-order valence-corrected chi connectivity index (χ2v) is 10.1. The molecule has 3 nitrogen and oxygen atoms in total. The molecule has 174 valence electrons. The van der Waals surface area contributed by atoms with Gasteiger partial charge in [-0.3, -0.25) is 4.90 Å². The Morgan fingerprint density at radius 3 is 2.42 bits per heavy atom. The number of fused-ring (bicyclic) bond motifs is 5. The van der Waals surface area contributed by atoms with E-state index in [0.29, 0.717) is 6.42 Å². The van der Waals surface area contributed by atoms with Crippen molar-refractivity contribution in [2.75, 3.05) is 13.1 Å². The van der Waals surface area contributed by atoms with Crippen LogP contribution in [0.25, 0.3) is 0 Å². The van der Waals surface area contributed by atoms with Gasteiger partial charge in [0.25, 0.3) is 0 Å². The van der Waals surface area contributed by atoms with E-state index < -0.39 is 12.2 Å². The number of nitrogens with zero attached hydrogens (tertiary/aromatic N) is 1. The van der Waals surface area contributed by atoms with Crippen molar-refractivity contribution >= 4 is 0 Å². The lowest BCUT2D eigenvalue weighted by molar-refractivity contribution is 0.0114. The third kappa shape index (κ3) is 7.17. The lowest BCUT2D eigenvalue weighted by atomic mass is 9.91. The molecule has 1 aliphatic heterocycles. The molecule has 0 aromatic heterocycles. The molecule has 3 aliphatic rings. The van der Waals surface area contributed by atoms with Crippen LogP contribution in [-0.4, -0.2) is 40.4 Å². The van der Waals surface area contributed by atoms with Gasteiger partial charge in [0.05, 0.1) is 12.2 Å². The lowest BCUT2D eigenvalue weighted by Gasteiger charge is -2.33. The first-order chi connectivity index (χ1) is 15.1. The highest BCUT2D eigenvalue weighted by Gasteiger charge is 2.47. The van der Waals surface area contributed by atoms with Crippen LogP contribution >= 0.6 is 0 Å². The molecule has 1 aromatic carbocycles. The van der Waals surface area contributed by atoms with E-state index in [2.05, 4.69) is 54.3 Å². The standard InChI is InChI=1S/C17H21N.C11H24O2/c1-2-5-13(6-3-1)10-18-11-14-9-15(12-18)17-8-4-7-16(14)17;1-3-5-6-7-8-9-11(13)10(12)4-2/h1-7,14-17H,8-12H2;10-13H,3-9H2,1-2H3. The summed E-state index contributed by atoms with van der Waals surface area (Å²) in [4.78, 5) is 2.69. The van der Waals surface area contributed by atoms with Crippen LogP contribution < -0.4 is 0 Å². The van der Waals surface area contributed by atoms with Gasteiger partial charge in [-0.15, -0.1) is 0 Å². The van der Waals surface area contributed by atoms with E-state index in [-0.39, 0.29) is 0 Å². The zero-order chi connectivity index (χ0) is 22.1. The molecule has 2 aliphatic carbocycles. The maximum absolute atomic E-state index is 9.42. The molecule has 6 unspecified atom stereocenters. The molecule has 2 bridgehead atoms. The first-order valence-electron chi connectivity index (χ1n) is 12.9. The molecule has 0 spiro atoms. The number of aliphatic hydroxyl groups is 2. The minimum atomic E-state index is -0.522. The van der Waals surface area contributed by atoms with Crippen LogP contribution in [0.1, 0.15) is 77.2 Å². The Morgan fingerprint density at radius 2 is 1.68 bits per heavy atom. The number of hydrogen-bond donors (Lipinski definition) is 2. The fraction of sp³-hybridized carbons (Fsp3) is 0.714. The Bertz CT molecular complexity index is 646. The second kappa shape index (κ2) is 12.8. The number of benzene rings is 1. The molecule has 1 saturated heterocycles. The number of rotatable bonds is 10. The van der Waals surface area contributed by atoms with Crippen LogP contribution in [-0.2, 0) is 6.54 Å². The summed E-state index contributed by atoms with van der Waals surface area (Å²) >= 11 is 0. The largest absolute Gasteiger partial charge is 0.390 e. The molecular weight excluding hydrogens is 382 g/mol. The van der Waals surface area contributed by atoms with Gasteiger partial charge in [0, 0.05) is 19.6 Å². The molecule has 6 atom stereocenters. The lowest BCUT2D eigenvalue weighted by Crippen LogP contribution is -2.37. The Morgan fingerprint density at radius 1 is 0.935 bits per heavy atom. The fourth-order valence-corrected chi connectivity index (χ4v) is 5.96. The minimum Gasteiger partial charge on any atom is -0.390 e. The quantitative estimate of drug-likeness (QED) is 0.366. The molecule has 0 radical (unpaired) electrons. The van der Waals surface area contributed by atoms with Crippen molar-refractivity contribution in [3.63, 3.8) is 0 Å². The molecule has 2 N–H and O–H groups in total. The van der Waals surface area contributed by atoms with Crippen LogP contribution in [0, 0.1) is 23.7 Å². The predicted molar refractivity (Wildman–Crippen MR) is 130 cm³/mol. The Balaban J connectivity index is 0.000000188. The van der Waals surface area contributed by atoms with Crippen LogP contribution in [0.2, 0.25) is 0 Å². The Kier molecular flexibility index (Phi) is 10.1. The van der Waals surface area contributed by atoms with Gasteiger partial charge >= 0.3 is 0 Å². The highest BCUT2D eigenvalue weighted by atomic mass is 16.3. The summed E-state index contributed by atoms with van der Waals surface area (Å²) in [6.45, 7) is 7.88. The topological polar surface area (TPSA) is 43.7 Å². The summed E-state index contributed by atoms with van der Waals surface area (Å²) in [7, 11) is 0. The maximum Gasteiger partial charge on any atom is 0.0799 e. The summed E-state index contributed by atoms with van der Waals surface area (Å²) in [5.74, 6) is 3.80. The summed E-state index contributed by atoms with van der Waals surface area (Å²) in [5, 5.41) is 18.7. The van der Waals surface area contributed by atoms with E-state index in [1.807, 2.05) is 6.92 Å². The van der Waals surface area contributed by atoms with E-state index in [1.54, 1.807) is 0 Å². The van der Waals surface area contributed by atoms with Crippen LogP contribution in [0.4, 0.5) is 0 Å². The highest BCUT2D eigenvalue weighted by Crippen LogP contribution is 2.50. The molecule has 2 fully saturated rings. The highest BCUT2D eigenvalue weighted by molar-refractivity contribution is 5.16. The van der Waals surface area contributed by atoms with Gasteiger partial charge < -0.3 is 10.2 Å². The minimum absolute atomic E-state index is 0.508. The molecule has 1 aromatic rings. The van der Waals surface area contributed by atoms with Crippen molar-refractivity contribution in [3.8, 4) is 0 Å². The van der Waals surface area contributed by atoms with Gasteiger partial charge in [0.15, 0.2) is 0 Å². The third-order valence-electron chi connectivity index (χ3n) is 7.72. The van der Waals surface area contributed by atoms with Crippen molar-refractivity contribution < 1.29 is 10.2 Å². The van der Waals surface area contributed by atoms with Gasteiger partial charge in [-0.25, -0.2) is 0 Å². The van der Waals surface area contributed by atoms with E-state index in [4.69, 9.17) is 0 Å². The van der Waals surface area contributed by atoms with Crippen molar-refractivity contribution in [1.82, 2.24) is 4.90 Å². The predicted octanol–water partition coefficient (Wildman–Crippen LogP) is 5.81. The number of hydrogen-bond acceptors (Lipinski definition) is 3. The number of piperidine rings is 1. The molecule has 1 saturated carbocycles. The second-order valence-electron chi connectivity index (χ2n) is 10.1. The summed E-state index contributed by atoms with van der Waals surface area (Å²) in [6.07, 6.45) is 14.2. The first kappa shape index (κ1) is 24.5. The van der Waals surface area contributed by atoms with E-state index >= 15 is 0 Å². The zero-order valence-electron chi connectivity index (χ0n) is 19.8. The average molecular weight is 428 g/mol. The normalized spacial score (nSPS) is 28.6. The SMILES string of the molecule is C1=CC2C3CC(CN(Cc4ccccc4)C3)C2C1.CCCCCCCC(O)C(O)CC. The molecular formula is C28H45NO2. The molecule has 3 heteroatoms. The van der Waals surface area contributed by atoms with Crippen molar-refractivity contribution in [1.29, 1.82) is 0 Å². The van der Waals surface area contributed by atoms with Gasteiger partial charge in [-0.2, -0.15) is 0 Å².